The third-order valence-corrected chi connectivity index (χ3v) is 8.27. The van der Waals surface area contributed by atoms with Crippen molar-refractivity contribution in [1.29, 1.82) is 0 Å². The number of phosphoric ester groups is 2. The zero-order chi connectivity index (χ0) is 28.9. The molecule has 0 aliphatic carbocycles. The number of aliphatic hydroxyl groups excluding tert-OH is 6. The molecule has 21 nitrogen and oxygen atoms in total. The Bertz CT molecular complexity index is 1350. The van der Waals surface area contributed by atoms with Crippen LogP contribution in [0.2, 0.25) is 0 Å². The number of nitrogens with one attached hydrogen (secondary N) is 1. The average Bonchev–Trinajstić information content (AvgIpc) is 3.38. The van der Waals surface area contributed by atoms with E-state index in [2.05, 4.69) is 28.3 Å². The van der Waals surface area contributed by atoms with E-state index in [1.807, 2.05) is 0 Å². The number of hydrogen-bond acceptors (Lipinski definition) is 19. The third-order valence-electron chi connectivity index (χ3n) is 5.74. The minimum atomic E-state index is -5.91. The van der Waals surface area contributed by atoms with E-state index in [0.717, 1.165) is 10.9 Å². The second-order valence-electron chi connectivity index (χ2n) is 8.40. The Morgan fingerprint density at radius 1 is 1.00 bits per heavy atom. The van der Waals surface area contributed by atoms with E-state index in [9.17, 15) is 49.2 Å². The number of imidazole rings is 1. The third kappa shape index (κ3) is 8.23. The van der Waals surface area contributed by atoms with Crippen molar-refractivity contribution < 1.29 is 132 Å². The number of ether oxygens (including phenoxy) is 2. The molecule has 9 N–H and O–H groups in total. The van der Waals surface area contributed by atoms with Gasteiger partial charge in [0.05, 0.1) is 19.5 Å². The zero-order valence-electron chi connectivity index (χ0n) is 21.3. The van der Waals surface area contributed by atoms with E-state index in [4.69, 9.17) is 20.3 Å². The van der Waals surface area contributed by atoms with E-state index in [-0.39, 0.29) is 76.2 Å². The van der Waals surface area contributed by atoms with Gasteiger partial charge in [-0.15, -0.1) is 0 Å². The van der Waals surface area contributed by atoms with Crippen molar-refractivity contribution in [3.8, 4) is 0 Å². The molecule has 2 aromatic rings. The van der Waals surface area contributed by atoms with Crippen LogP contribution in [0.3, 0.4) is 0 Å². The Labute approximate surface area is 273 Å². The van der Waals surface area contributed by atoms with Crippen LogP contribution in [0.4, 0.5) is 5.95 Å². The molecule has 2 aliphatic rings. The van der Waals surface area contributed by atoms with Gasteiger partial charge >= 0.3 is 59.1 Å². The van der Waals surface area contributed by atoms with Crippen LogP contribution in [0.5, 0.6) is 0 Å². The van der Waals surface area contributed by atoms with Gasteiger partial charge in [-0.3, -0.25) is 28.0 Å². The first-order chi connectivity index (χ1) is 18.1. The molecular formula is C16H23N5Na2O16P2. The van der Waals surface area contributed by atoms with Crippen LogP contribution in [0.15, 0.2) is 11.1 Å². The molecular weight excluding hydrogens is 626 g/mol. The smallest absolute Gasteiger partial charge is 0.756 e. The number of rotatable bonds is 9. The van der Waals surface area contributed by atoms with Crippen LogP contribution in [-0.2, 0) is 32.0 Å². The molecule has 2 aliphatic heterocycles. The maximum absolute atomic E-state index is 12.1. The minimum Gasteiger partial charge on any atom is -0.756 e. The monoisotopic (exact) mass is 649 g/mol. The van der Waals surface area contributed by atoms with Gasteiger partial charge in [0.25, 0.3) is 21.2 Å². The first-order valence-electron chi connectivity index (χ1n) is 10.8. The van der Waals surface area contributed by atoms with E-state index < -0.39 is 89.7 Å². The molecule has 0 bridgehead atoms. The second kappa shape index (κ2) is 14.5. The van der Waals surface area contributed by atoms with Crippen molar-refractivity contribution in [2.75, 3.05) is 18.9 Å². The Morgan fingerprint density at radius 2 is 1.63 bits per heavy atom. The number of nitrogen functional groups attached to an aromatic ring is 1. The number of aromatic nitrogens is 4. The Kier molecular flexibility index (Phi) is 13.1. The fourth-order valence-corrected chi connectivity index (χ4v) is 5.92. The molecule has 220 valence electrons. The SMILES string of the molecule is Nc1nc2c(ncn2[C@@H]2O[C@H](COP(=O)([O-])OP(=O)([O-])O[C@H]3O[C@H](CO)[C@@H](O)[C@H](O)[C@@H]3O)[C@@H](O)[C@H]2O)c(=O)[nH]1.[Na+].[Na+]. The molecule has 4 heterocycles. The van der Waals surface area contributed by atoms with Crippen LogP contribution < -0.4 is 80.2 Å². The number of anilines is 1. The molecule has 0 spiro atoms. The van der Waals surface area contributed by atoms with Gasteiger partial charge in [-0.1, -0.05) is 0 Å². The van der Waals surface area contributed by atoms with Crippen molar-refractivity contribution >= 4 is 32.8 Å². The second-order valence-corrected chi connectivity index (χ2v) is 11.3. The Hall–Kier alpha value is 0.0900. The number of fused-ring (bicyclic) bond motifs is 1. The van der Waals surface area contributed by atoms with Gasteiger partial charge < -0.3 is 60.2 Å². The summed E-state index contributed by atoms with van der Waals surface area (Å²) in [6.07, 6.45) is -15.5. The van der Waals surface area contributed by atoms with Crippen molar-refractivity contribution in [2.45, 2.75) is 55.2 Å². The number of nitrogens with two attached hydrogens (primary N) is 1. The van der Waals surface area contributed by atoms with Gasteiger partial charge in [-0.25, -0.2) is 9.29 Å². The molecule has 0 aromatic carbocycles. The average molecular weight is 649 g/mol. The van der Waals surface area contributed by atoms with Crippen molar-refractivity contribution in [3.05, 3.63) is 16.7 Å². The van der Waals surface area contributed by atoms with Gasteiger partial charge in [0.15, 0.2) is 23.7 Å². The molecule has 4 rings (SSSR count). The van der Waals surface area contributed by atoms with Gasteiger partial charge in [-0.05, 0) is 0 Å². The molecule has 2 unspecified atom stereocenters. The molecule has 41 heavy (non-hydrogen) atoms. The number of H-pyrrole nitrogens is 1. The van der Waals surface area contributed by atoms with Crippen molar-refractivity contribution in [2.24, 2.45) is 0 Å². The summed E-state index contributed by atoms with van der Waals surface area (Å²) in [5.74, 6) is -0.292. The summed E-state index contributed by atoms with van der Waals surface area (Å²) in [5, 5.41) is 59.1. The van der Waals surface area contributed by atoms with Crippen molar-refractivity contribution in [1.82, 2.24) is 19.5 Å². The first-order valence-corrected chi connectivity index (χ1v) is 13.8. The largest absolute Gasteiger partial charge is 1.00 e. The quantitative estimate of drug-likeness (QED) is 0.0923. The molecule has 11 atom stereocenters. The maximum Gasteiger partial charge on any atom is 1.00 e. The topological polar surface area (TPSA) is 337 Å². The first kappa shape index (κ1) is 37.3. The molecule has 2 saturated heterocycles. The van der Waals surface area contributed by atoms with Gasteiger partial charge in [0, 0.05) is 0 Å². The van der Waals surface area contributed by atoms with Gasteiger partial charge in [0.2, 0.25) is 5.95 Å². The Morgan fingerprint density at radius 3 is 2.27 bits per heavy atom. The summed E-state index contributed by atoms with van der Waals surface area (Å²) < 4.78 is 48.1. The summed E-state index contributed by atoms with van der Waals surface area (Å²) in [4.78, 5) is 46.1. The summed E-state index contributed by atoms with van der Waals surface area (Å²) in [5.41, 5.74) is 4.48. The normalized spacial score (nSPS) is 34.8. The van der Waals surface area contributed by atoms with Crippen LogP contribution in [-0.4, -0.2) is 112 Å². The summed E-state index contributed by atoms with van der Waals surface area (Å²) in [6, 6.07) is 0. The fourth-order valence-electron chi connectivity index (χ4n) is 3.84. The summed E-state index contributed by atoms with van der Waals surface area (Å²) in [6.45, 7) is -2.01. The molecule has 2 fully saturated rings. The van der Waals surface area contributed by atoms with Gasteiger partial charge in [0.1, 0.15) is 42.7 Å². The number of hydrogen-bond donors (Lipinski definition) is 8. The summed E-state index contributed by atoms with van der Waals surface area (Å²) >= 11 is 0. The number of phosphoric acid groups is 2. The summed E-state index contributed by atoms with van der Waals surface area (Å²) in [7, 11) is -11.7. The van der Waals surface area contributed by atoms with Crippen LogP contribution in [0, 0.1) is 0 Å². The van der Waals surface area contributed by atoms with Crippen LogP contribution in [0.1, 0.15) is 6.23 Å². The van der Waals surface area contributed by atoms with Crippen molar-refractivity contribution in [3.63, 3.8) is 0 Å². The van der Waals surface area contributed by atoms with Gasteiger partial charge in [-0.2, -0.15) is 4.98 Å². The molecule has 25 heteroatoms. The molecule has 2 aromatic heterocycles. The maximum atomic E-state index is 12.1. The van der Waals surface area contributed by atoms with Crippen LogP contribution >= 0.6 is 15.6 Å². The number of aliphatic hydroxyl groups is 6. The van der Waals surface area contributed by atoms with E-state index >= 15 is 0 Å². The minimum absolute atomic E-state index is 0. The molecule has 0 saturated carbocycles. The molecule has 0 radical (unpaired) electrons. The van der Waals surface area contributed by atoms with Crippen LogP contribution in [0.25, 0.3) is 11.2 Å². The predicted octanol–water partition coefficient (Wildman–Crippen LogP) is -11.9. The van der Waals surface area contributed by atoms with E-state index in [1.165, 1.54) is 0 Å². The van der Waals surface area contributed by atoms with E-state index in [0.29, 0.717) is 0 Å². The molecule has 0 amide bonds. The standard InChI is InChI=1S/C16H25N5O16P2.2Na/c17-16-19-12-6(13(28)20-16)18-3-21(12)14-10(26)8(24)5(34-14)2-33-38(29,30)37-39(31,32)36-15-11(27)9(25)7(23)4(1-22)35-15;;/h3-5,7-11,14-15,22-27H,1-2H2,(H,29,30)(H,31,32)(H3,17,19,20,28);;/q;2*+1/p-2/t4-,5-,7-,8-,9+,10-,11+,14-,15-;;/m1../s1. The number of nitrogens with zero attached hydrogens (tertiary/aromatic N) is 3. The zero-order valence-corrected chi connectivity index (χ0v) is 27.1. The number of aromatic amines is 1. The Balaban J connectivity index is 0.00000294. The predicted molar refractivity (Wildman–Crippen MR) is 116 cm³/mol. The van der Waals surface area contributed by atoms with E-state index in [1.54, 1.807) is 0 Å². The fraction of sp³-hybridized carbons (Fsp3) is 0.688.